The molecule has 32 heavy (non-hydrogen) atoms. The SMILES string of the molecule is Cc1[nH]c2ccc(NC(=S)N3CCCC3)cc2c1CCN(C)Cc1ccc2[nH]ncc2c1. The summed E-state index contributed by atoms with van der Waals surface area (Å²) in [5.41, 5.74) is 7.26. The van der Waals surface area contributed by atoms with Gasteiger partial charge in [-0.05, 0) is 86.9 Å². The number of anilines is 1. The average molecular weight is 447 g/mol. The molecule has 2 aromatic heterocycles. The summed E-state index contributed by atoms with van der Waals surface area (Å²) < 4.78 is 0. The summed E-state index contributed by atoms with van der Waals surface area (Å²) in [6, 6.07) is 13.0. The third-order valence-corrected chi connectivity index (χ3v) is 6.82. The second kappa shape index (κ2) is 8.92. The number of rotatable bonds is 6. The molecule has 0 amide bonds. The smallest absolute Gasteiger partial charge is 0.173 e. The van der Waals surface area contributed by atoms with Crippen LogP contribution < -0.4 is 5.32 Å². The largest absolute Gasteiger partial charge is 0.358 e. The Hall–Kier alpha value is -2.90. The first-order valence-electron chi connectivity index (χ1n) is 11.3. The number of aromatic nitrogens is 3. The van der Waals surface area contributed by atoms with Gasteiger partial charge in [0.2, 0.25) is 0 Å². The first-order chi connectivity index (χ1) is 15.6. The Kier molecular flexibility index (Phi) is 5.85. The van der Waals surface area contributed by atoms with Gasteiger partial charge in [0.1, 0.15) is 0 Å². The number of thiocarbonyl (C=S) groups is 1. The minimum atomic E-state index is 0.838. The van der Waals surface area contributed by atoms with Gasteiger partial charge < -0.3 is 20.1 Å². The van der Waals surface area contributed by atoms with Crippen molar-refractivity contribution in [1.29, 1.82) is 0 Å². The highest BCUT2D eigenvalue weighted by Gasteiger charge is 2.16. The van der Waals surface area contributed by atoms with Crippen molar-refractivity contribution in [3.8, 4) is 0 Å². The molecule has 0 atom stereocenters. The van der Waals surface area contributed by atoms with Crippen LogP contribution in [0.1, 0.15) is 29.7 Å². The molecule has 7 heteroatoms. The molecule has 0 spiro atoms. The lowest BCUT2D eigenvalue weighted by Gasteiger charge is -2.20. The normalized spacial score (nSPS) is 14.2. The molecule has 0 aliphatic carbocycles. The van der Waals surface area contributed by atoms with E-state index in [-0.39, 0.29) is 0 Å². The molecule has 0 bridgehead atoms. The van der Waals surface area contributed by atoms with Crippen LogP contribution in [0.5, 0.6) is 0 Å². The van der Waals surface area contributed by atoms with E-state index in [0.717, 1.165) is 54.3 Å². The van der Waals surface area contributed by atoms with Crippen LogP contribution in [0.25, 0.3) is 21.8 Å². The standard InChI is InChI=1S/C25H30N6S/c1-17-21(9-12-30(2)16-18-5-7-23-19(13-18)15-26-29-23)22-14-20(6-8-24(22)27-17)28-25(32)31-10-3-4-11-31/h5-8,13-15,27H,3-4,9-12,16H2,1-2H3,(H,26,29)(H,28,32). The summed E-state index contributed by atoms with van der Waals surface area (Å²) in [5, 5.41) is 13.9. The predicted octanol–water partition coefficient (Wildman–Crippen LogP) is 4.82. The zero-order valence-corrected chi connectivity index (χ0v) is 19.6. The van der Waals surface area contributed by atoms with Crippen molar-refractivity contribution >= 4 is 44.8 Å². The van der Waals surface area contributed by atoms with Crippen molar-refractivity contribution in [2.75, 3.05) is 32.0 Å². The number of fused-ring (bicyclic) bond motifs is 2. The summed E-state index contributed by atoms with van der Waals surface area (Å²) in [7, 11) is 2.19. The fourth-order valence-electron chi connectivity index (χ4n) is 4.69. The molecule has 1 aliphatic heterocycles. The molecule has 1 saturated heterocycles. The number of H-pyrrole nitrogens is 2. The van der Waals surface area contributed by atoms with Crippen molar-refractivity contribution < 1.29 is 0 Å². The number of benzene rings is 2. The Bertz CT molecular complexity index is 1250. The Labute approximate surface area is 194 Å². The van der Waals surface area contributed by atoms with Gasteiger partial charge in [0.15, 0.2) is 5.11 Å². The maximum absolute atomic E-state index is 5.62. The molecule has 6 nitrogen and oxygen atoms in total. The summed E-state index contributed by atoms with van der Waals surface area (Å²) >= 11 is 5.62. The van der Waals surface area contributed by atoms with E-state index in [1.807, 2.05) is 6.20 Å². The van der Waals surface area contributed by atoms with Crippen molar-refractivity contribution in [2.24, 2.45) is 0 Å². The number of aryl methyl sites for hydroxylation is 1. The highest BCUT2D eigenvalue weighted by Crippen LogP contribution is 2.27. The van der Waals surface area contributed by atoms with E-state index in [1.165, 1.54) is 40.6 Å². The van der Waals surface area contributed by atoms with E-state index >= 15 is 0 Å². The first-order valence-corrected chi connectivity index (χ1v) is 11.8. The van der Waals surface area contributed by atoms with Crippen molar-refractivity contribution in [1.82, 2.24) is 25.0 Å². The maximum Gasteiger partial charge on any atom is 0.173 e. The van der Waals surface area contributed by atoms with Crippen LogP contribution in [0.4, 0.5) is 5.69 Å². The topological polar surface area (TPSA) is 63.0 Å². The predicted molar refractivity (Wildman–Crippen MR) is 136 cm³/mol. The Morgan fingerprint density at radius 3 is 2.81 bits per heavy atom. The summed E-state index contributed by atoms with van der Waals surface area (Å²) in [6.07, 6.45) is 5.34. The molecule has 4 aromatic rings. The van der Waals surface area contributed by atoms with Crippen LogP contribution in [0.15, 0.2) is 42.6 Å². The van der Waals surface area contributed by atoms with E-state index in [9.17, 15) is 0 Å². The zero-order valence-electron chi connectivity index (χ0n) is 18.7. The van der Waals surface area contributed by atoms with Crippen molar-refractivity contribution in [3.05, 3.63) is 59.4 Å². The van der Waals surface area contributed by atoms with E-state index < -0.39 is 0 Å². The molecule has 2 aromatic carbocycles. The zero-order chi connectivity index (χ0) is 22.1. The molecule has 3 N–H and O–H groups in total. The number of hydrogen-bond donors (Lipinski definition) is 3. The summed E-state index contributed by atoms with van der Waals surface area (Å²) in [4.78, 5) is 8.19. The molecule has 1 fully saturated rings. The lowest BCUT2D eigenvalue weighted by molar-refractivity contribution is 0.331. The van der Waals surface area contributed by atoms with Crippen molar-refractivity contribution in [3.63, 3.8) is 0 Å². The third-order valence-electron chi connectivity index (χ3n) is 6.46. The van der Waals surface area contributed by atoms with Gasteiger partial charge in [-0.1, -0.05) is 6.07 Å². The maximum atomic E-state index is 5.62. The van der Waals surface area contributed by atoms with Crippen LogP contribution in [0.3, 0.4) is 0 Å². The Morgan fingerprint density at radius 2 is 1.97 bits per heavy atom. The van der Waals surface area contributed by atoms with Gasteiger partial charge in [-0.15, -0.1) is 0 Å². The fourth-order valence-corrected chi connectivity index (χ4v) is 4.99. The van der Waals surface area contributed by atoms with Gasteiger partial charge in [-0.25, -0.2) is 0 Å². The first kappa shape index (κ1) is 21.0. The monoisotopic (exact) mass is 446 g/mol. The van der Waals surface area contributed by atoms with Gasteiger partial charge in [-0.2, -0.15) is 5.10 Å². The van der Waals surface area contributed by atoms with E-state index in [1.54, 1.807) is 0 Å². The number of nitrogens with zero attached hydrogens (tertiary/aromatic N) is 3. The molecule has 1 aliphatic rings. The summed E-state index contributed by atoms with van der Waals surface area (Å²) in [5.74, 6) is 0. The van der Waals surface area contributed by atoms with Crippen LogP contribution in [0.2, 0.25) is 0 Å². The fraction of sp³-hybridized carbons (Fsp3) is 0.360. The number of likely N-dealkylation sites (tertiary alicyclic amines) is 1. The second-order valence-electron chi connectivity index (χ2n) is 8.89. The van der Waals surface area contributed by atoms with Gasteiger partial charge in [-0.3, -0.25) is 5.10 Å². The molecule has 3 heterocycles. The van der Waals surface area contributed by atoms with Gasteiger partial charge in [0.05, 0.1) is 11.7 Å². The number of likely N-dealkylation sites (N-methyl/N-ethyl adjacent to an activating group) is 1. The Morgan fingerprint density at radius 1 is 1.16 bits per heavy atom. The minimum absolute atomic E-state index is 0.838. The molecule has 5 rings (SSSR count). The van der Waals surface area contributed by atoms with Crippen molar-refractivity contribution in [2.45, 2.75) is 32.7 Å². The molecule has 166 valence electrons. The average Bonchev–Trinajstić information content (AvgIpc) is 3.52. The number of aromatic amines is 2. The Balaban J connectivity index is 1.27. The lowest BCUT2D eigenvalue weighted by atomic mass is 10.1. The lowest BCUT2D eigenvalue weighted by Crippen LogP contribution is -2.31. The number of nitrogens with one attached hydrogen (secondary N) is 3. The highest BCUT2D eigenvalue weighted by molar-refractivity contribution is 7.80. The van der Waals surface area contributed by atoms with Crippen LogP contribution in [-0.4, -0.2) is 56.8 Å². The van der Waals surface area contributed by atoms with Gasteiger partial charge in [0, 0.05) is 53.8 Å². The van der Waals surface area contributed by atoms with E-state index in [0.29, 0.717) is 0 Å². The molecule has 0 saturated carbocycles. The minimum Gasteiger partial charge on any atom is -0.358 e. The summed E-state index contributed by atoms with van der Waals surface area (Å²) in [6.45, 7) is 6.19. The van der Waals surface area contributed by atoms with Crippen LogP contribution >= 0.6 is 12.2 Å². The van der Waals surface area contributed by atoms with Gasteiger partial charge in [0.25, 0.3) is 0 Å². The van der Waals surface area contributed by atoms with E-state index in [4.69, 9.17) is 12.2 Å². The highest BCUT2D eigenvalue weighted by atomic mass is 32.1. The number of hydrogen-bond acceptors (Lipinski definition) is 3. The van der Waals surface area contributed by atoms with E-state index in [2.05, 4.69) is 80.7 Å². The quantitative estimate of drug-likeness (QED) is 0.371. The third kappa shape index (κ3) is 4.36. The molecule has 0 radical (unpaired) electrons. The molecule has 0 unspecified atom stereocenters. The molecular formula is C25H30N6S. The van der Waals surface area contributed by atoms with Gasteiger partial charge >= 0.3 is 0 Å². The van der Waals surface area contributed by atoms with Crippen LogP contribution in [0, 0.1) is 6.92 Å². The molecular weight excluding hydrogens is 416 g/mol. The van der Waals surface area contributed by atoms with Crippen LogP contribution in [-0.2, 0) is 13.0 Å². The second-order valence-corrected chi connectivity index (χ2v) is 9.28.